The standard InChI is InChI=1S/C76H126O6/c1-4-7-10-13-16-19-22-24-26-28-30-31-32-33-34-35-36-37-38-39-40-41-42-43-44-45-47-48-50-52-54-57-60-63-66-69-75(78)81-72-73(71-80-74(77)68-65-62-59-56-21-18-15-12-9-6-3)82-76(79)70-67-64-61-58-55-53-51-49-46-29-27-25-23-20-17-14-11-8-5-2/h7,10,12,15-16,19,24,26,30-31,33-34,36-37,39-40,42-43,45,47,50,52,73H,4-6,8-9,11,13-14,17-18,20-23,25,27-29,32,35,38,41,44,46,48-49,51,53-72H2,1-3H3/b10-7-,15-12-,19-16-,26-24-,31-30-,34-33-,37-36-,40-39-,43-42-,47-45-,52-50-. The highest BCUT2D eigenvalue weighted by Gasteiger charge is 2.19. The van der Waals surface area contributed by atoms with Gasteiger partial charge in [-0.15, -0.1) is 0 Å². The van der Waals surface area contributed by atoms with Gasteiger partial charge < -0.3 is 14.2 Å². The summed E-state index contributed by atoms with van der Waals surface area (Å²) in [5, 5.41) is 0. The topological polar surface area (TPSA) is 78.9 Å². The van der Waals surface area contributed by atoms with Crippen LogP contribution in [0.15, 0.2) is 134 Å². The van der Waals surface area contributed by atoms with Crippen LogP contribution in [0.4, 0.5) is 0 Å². The molecule has 0 aromatic heterocycles. The molecule has 0 saturated carbocycles. The van der Waals surface area contributed by atoms with Gasteiger partial charge in [-0.25, -0.2) is 0 Å². The predicted molar refractivity (Wildman–Crippen MR) is 357 cm³/mol. The normalized spacial score (nSPS) is 13.0. The van der Waals surface area contributed by atoms with Crippen molar-refractivity contribution >= 4 is 17.9 Å². The molecule has 0 spiro atoms. The first kappa shape index (κ1) is 77.5. The molecule has 0 aliphatic carbocycles. The molecule has 1 unspecified atom stereocenters. The molecule has 82 heavy (non-hydrogen) atoms. The van der Waals surface area contributed by atoms with Crippen molar-refractivity contribution in [1.82, 2.24) is 0 Å². The third-order valence-electron chi connectivity index (χ3n) is 14.4. The van der Waals surface area contributed by atoms with Crippen LogP contribution in [0.2, 0.25) is 0 Å². The highest BCUT2D eigenvalue weighted by Crippen LogP contribution is 2.16. The maximum absolute atomic E-state index is 12.9. The summed E-state index contributed by atoms with van der Waals surface area (Å²) in [4.78, 5) is 38.3. The van der Waals surface area contributed by atoms with E-state index < -0.39 is 6.10 Å². The van der Waals surface area contributed by atoms with E-state index in [9.17, 15) is 14.4 Å². The summed E-state index contributed by atoms with van der Waals surface area (Å²) < 4.78 is 16.9. The van der Waals surface area contributed by atoms with Gasteiger partial charge in [-0.05, 0) is 116 Å². The number of carbonyl (C=O) groups is 3. The van der Waals surface area contributed by atoms with Gasteiger partial charge in [0.1, 0.15) is 13.2 Å². The van der Waals surface area contributed by atoms with Gasteiger partial charge in [0.05, 0.1) is 0 Å². The van der Waals surface area contributed by atoms with Gasteiger partial charge in [-0.2, -0.15) is 0 Å². The second-order valence-electron chi connectivity index (χ2n) is 22.4. The van der Waals surface area contributed by atoms with E-state index in [-0.39, 0.29) is 31.1 Å². The van der Waals surface area contributed by atoms with Crippen LogP contribution in [0, 0.1) is 0 Å². The molecular formula is C76H126O6. The smallest absolute Gasteiger partial charge is 0.306 e. The lowest BCUT2D eigenvalue weighted by molar-refractivity contribution is -0.167. The fourth-order valence-electron chi connectivity index (χ4n) is 9.30. The number of allylic oxidation sites excluding steroid dienone is 22. The summed E-state index contributed by atoms with van der Waals surface area (Å²) in [5.41, 5.74) is 0. The summed E-state index contributed by atoms with van der Waals surface area (Å²) in [6, 6.07) is 0. The Morgan fingerprint density at radius 2 is 0.500 bits per heavy atom. The van der Waals surface area contributed by atoms with Crippen molar-refractivity contribution in [3.63, 3.8) is 0 Å². The summed E-state index contributed by atoms with van der Waals surface area (Å²) in [6.07, 6.45) is 97.7. The molecule has 466 valence electrons. The second-order valence-corrected chi connectivity index (χ2v) is 22.4. The molecule has 0 aliphatic rings. The monoisotopic (exact) mass is 1130 g/mol. The van der Waals surface area contributed by atoms with Crippen LogP contribution in [-0.4, -0.2) is 37.2 Å². The Morgan fingerprint density at radius 3 is 0.805 bits per heavy atom. The average molecular weight is 1140 g/mol. The molecule has 0 aromatic rings. The number of hydrogen-bond acceptors (Lipinski definition) is 6. The fourth-order valence-corrected chi connectivity index (χ4v) is 9.30. The van der Waals surface area contributed by atoms with Crippen molar-refractivity contribution in [1.29, 1.82) is 0 Å². The lowest BCUT2D eigenvalue weighted by Crippen LogP contribution is -2.30. The Hall–Kier alpha value is -4.45. The second kappa shape index (κ2) is 69.0. The van der Waals surface area contributed by atoms with Gasteiger partial charge in [-0.3, -0.25) is 14.4 Å². The van der Waals surface area contributed by atoms with E-state index in [0.717, 1.165) is 154 Å². The zero-order valence-electron chi connectivity index (χ0n) is 53.5. The summed E-state index contributed by atoms with van der Waals surface area (Å²) >= 11 is 0. The third-order valence-corrected chi connectivity index (χ3v) is 14.4. The zero-order chi connectivity index (χ0) is 59.2. The van der Waals surface area contributed by atoms with Crippen molar-refractivity contribution in [2.45, 2.75) is 316 Å². The van der Waals surface area contributed by atoms with Gasteiger partial charge in [0.25, 0.3) is 0 Å². The van der Waals surface area contributed by atoms with E-state index in [0.29, 0.717) is 19.3 Å². The van der Waals surface area contributed by atoms with E-state index in [4.69, 9.17) is 14.2 Å². The minimum Gasteiger partial charge on any atom is -0.462 e. The minimum atomic E-state index is -0.794. The Morgan fingerprint density at radius 1 is 0.256 bits per heavy atom. The molecule has 0 aliphatic heterocycles. The van der Waals surface area contributed by atoms with Gasteiger partial charge in [-0.1, -0.05) is 309 Å². The zero-order valence-corrected chi connectivity index (χ0v) is 53.5. The van der Waals surface area contributed by atoms with E-state index in [2.05, 4.69) is 154 Å². The van der Waals surface area contributed by atoms with Crippen molar-refractivity contribution in [3.8, 4) is 0 Å². The Labute approximate surface area is 506 Å². The van der Waals surface area contributed by atoms with Crippen LogP contribution in [0.3, 0.4) is 0 Å². The SMILES string of the molecule is CC/C=C\C/C=C\C/C=C\C/C=C\C/C=C\C/C=C\C/C=C\C/C=C\C/C=C\C/C=C\CCCCCCC(=O)OCC(COC(=O)CCCCCCC/C=C\CCC)OC(=O)CCCCCCCCCCCCCCCCCCCCC. The van der Waals surface area contributed by atoms with Crippen LogP contribution < -0.4 is 0 Å². The quantitative estimate of drug-likeness (QED) is 0.0261. The fraction of sp³-hybridized carbons (Fsp3) is 0.671. The Balaban J connectivity index is 4.27. The molecule has 0 heterocycles. The van der Waals surface area contributed by atoms with Crippen LogP contribution in [0.25, 0.3) is 0 Å². The summed E-state index contributed by atoms with van der Waals surface area (Å²) in [5.74, 6) is -0.919. The molecule has 0 N–H and O–H groups in total. The number of ether oxygens (including phenoxy) is 3. The Bertz CT molecular complexity index is 1730. The molecule has 6 nitrogen and oxygen atoms in total. The highest BCUT2D eigenvalue weighted by atomic mass is 16.6. The maximum Gasteiger partial charge on any atom is 0.306 e. The van der Waals surface area contributed by atoms with E-state index in [1.807, 2.05) is 0 Å². The Kier molecular flexibility index (Phi) is 65.3. The first-order valence-electron chi connectivity index (χ1n) is 34.2. The molecule has 6 heteroatoms. The molecule has 0 aromatic carbocycles. The van der Waals surface area contributed by atoms with Crippen LogP contribution in [0.5, 0.6) is 0 Å². The van der Waals surface area contributed by atoms with Crippen LogP contribution in [-0.2, 0) is 28.6 Å². The number of unbranched alkanes of at least 4 members (excludes halogenated alkanes) is 28. The molecule has 0 bridgehead atoms. The van der Waals surface area contributed by atoms with Crippen molar-refractivity contribution in [2.24, 2.45) is 0 Å². The lowest BCUT2D eigenvalue weighted by Gasteiger charge is -2.18. The van der Waals surface area contributed by atoms with E-state index in [1.54, 1.807) is 0 Å². The largest absolute Gasteiger partial charge is 0.462 e. The van der Waals surface area contributed by atoms with Crippen LogP contribution >= 0.6 is 0 Å². The minimum absolute atomic E-state index is 0.0906. The molecule has 0 amide bonds. The lowest BCUT2D eigenvalue weighted by atomic mass is 10.0. The van der Waals surface area contributed by atoms with Crippen LogP contribution in [0.1, 0.15) is 310 Å². The van der Waals surface area contributed by atoms with E-state index >= 15 is 0 Å². The summed E-state index contributed by atoms with van der Waals surface area (Å²) in [7, 11) is 0. The molecule has 0 radical (unpaired) electrons. The number of hydrogen-bond donors (Lipinski definition) is 0. The molecule has 0 rings (SSSR count). The first-order valence-corrected chi connectivity index (χ1v) is 34.2. The number of rotatable bonds is 61. The van der Waals surface area contributed by atoms with Crippen molar-refractivity contribution < 1.29 is 28.6 Å². The average Bonchev–Trinajstić information content (AvgIpc) is 3.48. The van der Waals surface area contributed by atoms with E-state index in [1.165, 1.54) is 116 Å². The van der Waals surface area contributed by atoms with Gasteiger partial charge in [0, 0.05) is 19.3 Å². The number of esters is 3. The molecular weight excluding hydrogens is 1010 g/mol. The molecule has 0 saturated heterocycles. The van der Waals surface area contributed by atoms with Crippen molar-refractivity contribution in [2.75, 3.05) is 13.2 Å². The molecule has 1 atom stereocenters. The van der Waals surface area contributed by atoms with Gasteiger partial charge in [0.15, 0.2) is 6.10 Å². The molecule has 0 fully saturated rings. The number of carbonyl (C=O) groups excluding carboxylic acids is 3. The first-order chi connectivity index (χ1) is 40.5. The maximum atomic E-state index is 12.9. The van der Waals surface area contributed by atoms with Crippen molar-refractivity contribution in [3.05, 3.63) is 134 Å². The predicted octanol–water partition coefficient (Wildman–Crippen LogP) is 23.7. The third kappa shape index (κ3) is 66.4. The van der Waals surface area contributed by atoms with Gasteiger partial charge in [0.2, 0.25) is 0 Å². The van der Waals surface area contributed by atoms with Gasteiger partial charge >= 0.3 is 17.9 Å². The highest BCUT2D eigenvalue weighted by molar-refractivity contribution is 5.71. The summed E-state index contributed by atoms with van der Waals surface area (Å²) in [6.45, 7) is 6.46.